The molecule has 2 heterocycles. The number of hydrogen-bond donors (Lipinski definition) is 0. The van der Waals surface area contributed by atoms with Crippen molar-refractivity contribution in [2.75, 3.05) is 39.8 Å². The van der Waals surface area contributed by atoms with E-state index in [0.717, 1.165) is 73.7 Å². The Hall–Kier alpha value is -3.12. The van der Waals surface area contributed by atoms with E-state index in [1.807, 2.05) is 52.0 Å². The zero-order valence-corrected chi connectivity index (χ0v) is 24.4. The first-order valence-corrected chi connectivity index (χ1v) is 14.1. The van der Waals surface area contributed by atoms with Crippen LogP contribution in [0.25, 0.3) is 22.9 Å². The summed E-state index contributed by atoms with van der Waals surface area (Å²) in [6.45, 7) is 17.6. The lowest BCUT2D eigenvalue weighted by molar-refractivity contribution is 0.0741. The molecule has 1 amide bonds. The number of nitrogens with zero attached hydrogens (tertiary/aromatic N) is 4. The lowest BCUT2D eigenvalue weighted by Gasteiger charge is -2.24. The van der Waals surface area contributed by atoms with Crippen molar-refractivity contribution in [2.24, 2.45) is 11.8 Å². The largest absolute Gasteiger partial charge is 0.497 e. The molecule has 0 aliphatic carbocycles. The van der Waals surface area contributed by atoms with E-state index in [1.54, 1.807) is 7.11 Å². The molecule has 0 bridgehead atoms. The highest BCUT2D eigenvalue weighted by atomic mass is 16.5. The number of hydrogen-bond acceptors (Lipinski definition) is 4. The van der Waals surface area contributed by atoms with E-state index in [2.05, 4.69) is 58.6 Å². The van der Waals surface area contributed by atoms with Gasteiger partial charge in [0.2, 0.25) is 0 Å². The number of likely N-dealkylation sites (N-methyl/N-ethyl adjacent to an activating group) is 1. The van der Waals surface area contributed by atoms with Gasteiger partial charge in [0.05, 0.1) is 12.6 Å². The fourth-order valence-electron chi connectivity index (χ4n) is 4.45. The molecule has 0 radical (unpaired) electrons. The van der Waals surface area contributed by atoms with Gasteiger partial charge in [-0.25, -0.2) is 4.52 Å². The van der Waals surface area contributed by atoms with E-state index in [4.69, 9.17) is 9.84 Å². The van der Waals surface area contributed by atoms with Crippen molar-refractivity contribution >= 4 is 17.5 Å². The van der Waals surface area contributed by atoms with Crippen molar-refractivity contribution in [1.29, 1.82) is 0 Å². The number of carbonyl (C=O) groups is 1. The number of rotatable bonds is 14. The molecule has 0 atom stereocenters. The lowest BCUT2D eigenvalue weighted by Crippen LogP contribution is -2.34. The molecule has 0 saturated carbocycles. The summed E-state index contributed by atoms with van der Waals surface area (Å²) in [6, 6.07) is 11.9. The molecule has 6 heteroatoms. The third-order valence-corrected chi connectivity index (χ3v) is 7.07. The smallest absolute Gasteiger partial charge is 0.253 e. The molecule has 0 unspecified atom stereocenters. The Balaban J connectivity index is 2.03. The van der Waals surface area contributed by atoms with Crippen LogP contribution in [0.4, 0.5) is 0 Å². The average Bonchev–Trinajstić information content (AvgIpc) is 3.28. The minimum Gasteiger partial charge on any atom is -0.497 e. The van der Waals surface area contributed by atoms with Gasteiger partial charge in [-0.2, -0.15) is 5.10 Å². The minimum absolute atomic E-state index is 0.0964. The summed E-state index contributed by atoms with van der Waals surface area (Å²) in [6.07, 6.45) is 8.27. The second-order valence-corrected chi connectivity index (χ2v) is 10.8. The minimum atomic E-state index is 0.0964. The van der Waals surface area contributed by atoms with Gasteiger partial charge >= 0.3 is 0 Å². The van der Waals surface area contributed by atoms with Crippen molar-refractivity contribution in [1.82, 2.24) is 19.4 Å². The van der Waals surface area contributed by atoms with Crippen LogP contribution in [0.1, 0.15) is 70.3 Å². The van der Waals surface area contributed by atoms with Crippen molar-refractivity contribution in [2.45, 2.75) is 54.4 Å². The van der Waals surface area contributed by atoms with Crippen molar-refractivity contribution in [3.05, 3.63) is 59.8 Å². The molecule has 0 N–H and O–H groups in total. The Labute approximate surface area is 229 Å². The molecule has 3 aromatic rings. The van der Waals surface area contributed by atoms with Crippen LogP contribution in [0.2, 0.25) is 0 Å². The standard InChI is InChI=1S/C32H46N4O2/c1-8-34(9-2)19-10-11-29-30-23-27(32(37)35(20-16-24(3)4)21-17-25(5)6)18-22-36(30)33-31(29)26-12-14-28(38-7)15-13-26/h10-15,18,22-25H,8-9,16-17,19-21H2,1-7H3. The van der Waals surface area contributed by atoms with Crippen LogP contribution < -0.4 is 4.74 Å². The Kier molecular flexibility index (Phi) is 11.0. The van der Waals surface area contributed by atoms with Crippen LogP contribution in [0.15, 0.2) is 48.7 Å². The number of fused-ring (bicyclic) bond motifs is 1. The third kappa shape index (κ3) is 7.70. The number of benzene rings is 1. The molecule has 1 aromatic carbocycles. The van der Waals surface area contributed by atoms with Crippen molar-refractivity contribution in [3.8, 4) is 17.0 Å². The van der Waals surface area contributed by atoms with Crippen molar-refractivity contribution in [3.63, 3.8) is 0 Å². The summed E-state index contributed by atoms with van der Waals surface area (Å²) in [5.74, 6) is 2.01. The van der Waals surface area contributed by atoms with Gasteiger partial charge in [0.15, 0.2) is 0 Å². The molecular weight excluding hydrogens is 472 g/mol. The number of methoxy groups -OCH3 is 1. The molecule has 0 fully saturated rings. The van der Waals surface area contributed by atoms with Crippen LogP contribution >= 0.6 is 0 Å². The maximum absolute atomic E-state index is 13.7. The predicted molar refractivity (Wildman–Crippen MR) is 159 cm³/mol. The monoisotopic (exact) mass is 518 g/mol. The van der Waals surface area contributed by atoms with Crippen molar-refractivity contribution < 1.29 is 9.53 Å². The molecule has 0 saturated heterocycles. The van der Waals surface area contributed by atoms with Gasteiger partial charge in [0, 0.05) is 42.5 Å². The summed E-state index contributed by atoms with van der Waals surface area (Å²) < 4.78 is 7.25. The summed E-state index contributed by atoms with van der Waals surface area (Å²) in [7, 11) is 1.67. The number of carbonyl (C=O) groups excluding carboxylic acids is 1. The molecule has 2 aromatic heterocycles. The number of ether oxygens (including phenoxy) is 1. The second kappa shape index (κ2) is 14.1. The Morgan fingerprint density at radius 2 is 1.63 bits per heavy atom. The van der Waals surface area contributed by atoms with Gasteiger partial charge in [0.25, 0.3) is 5.91 Å². The van der Waals surface area contributed by atoms with Crippen LogP contribution in [-0.2, 0) is 0 Å². The Bertz CT molecular complexity index is 1180. The molecular formula is C32H46N4O2. The van der Waals surface area contributed by atoms with E-state index in [0.29, 0.717) is 17.4 Å². The third-order valence-electron chi connectivity index (χ3n) is 7.07. The summed E-state index contributed by atoms with van der Waals surface area (Å²) in [5, 5.41) is 4.93. The molecule has 6 nitrogen and oxygen atoms in total. The lowest BCUT2D eigenvalue weighted by atomic mass is 10.0. The maximum Gasteiger partial charge on any atom is 0.253 e. The van der Waals surface area contributed by atoms with E-state index in [-0.39, 0.29) is 5.91 Å². The average molecular weight is 519 g/mol. The summed E-state index contributed by atoms with van der Waals surface area (Å²) in [4.78, 5) is 18.1. The van der Waals surface area contributed by atoms with Gasteiger partial charge in [-0.15, -0.1) is 0 Å². The normalized spacial score (nSPS) is 11.9. The zero-order chi connectivity index (χ0) is 27.7. The van der Waals surface area contributed by atoms with E-state index in [9.17, 15) is 4.79 Å². The summed E-state index contributed by atoms with van der Waals surface area (Å²) in [5.41, 5.74) is 4.58. The van der Waals surface area contributed by atoms with Crippen LogP contribution in [0.3, 0.4) is 0 Å². The first kappa shape index (κ1) is 29.4. The SMILES string of the molecule is CCN(CC)CC=Cc1c(-c2ccc(OC)cc2)nn2ccc(C(=O)N(CCC(C)C)CCC(C)C)cc12. The molecule has 0 aliphatic heterocycles. The predicted octanol–water partition coefficient (Wildman–Crippen LogP) is 6.90. The molecule has 0 spiro atoms. The Morgan fingerprint density at radius 1 is 1.00 bits per heavy atom. The fourth-order valence-corrected chi connectivity index (χ4v) is 4.45. The Morgan fingerprint density at radius 3 is 2.18 bits per heavy atom. The summed E-state index contributed by atoms with van der Waals surface area (Å²) >= 11 is 0. The molecule has 3 rings (SSSR count). The maximum atomic E-state index is 13.7. The fraction of sp³-hybridized carbons (Fsp3) is 0.500. The van der Waals surface area contributed by atoms with Gasteiger partial charge in [-0.05, 0) is 74.2 Å². The molecule has 38 heavy (non-hydrogen) atoms. The molecule has 0 aliphatic rings. The zero-order valence-electron chi connectivity index (χ0n) is 24.4. The van der Waals surface area contributed by atoms with Gasteiger partial charge in [-0.3, -0.25) is 4.79 Å². The van der Waals surface area contributed by atoms with Crippen LogP contribution in [0.5, 0.6) is 5.75 Å². The van der Waals surface area contributed by atoms with Crippen LogP contribution in [0, 0.1) is 11.8 Å². The highest BCUT2D eigenvalue weighted by Gasteiger charge is 2.19. The topological polar surface area (TPSA) is 50.1 Å². The molecule has 206 valence electrons. The van der Waals surface area contributed by atoms with E-state index in [1.165, 1.54) is 0 Å². The second-order valence-electron chi connectivity index (χ2n) is 10.8. The van der Waals surface area contributed by atoms with E-state index >= 15 is 0 Å². The number of pyridine rings is 1. The highest BCUT2D eigenvalue weighted by molar-refractivity contribution is 5.96. The van der Waals surface area contributed by atoms with Gasteiger partial charge < -0.3 is 14.5 Å². The highest BCUT2D eigenvalue weighted by Crippen LogP contribution is 2.30. The first-order valence-electron chi connectivity index (χ1n) is 14.1. The van der Waals surface area contributed by atoms with Gasteiger partial charge in [-0.1, -0.05) is 53.7 Å². The number of aromatic nitrogens is 2. The van der Waals surface area contributed by atoms with E-state index < -0.39 is 0 Å². The van der Waals surface area contributed by atoms with Gasteiger partial charge in [0.1, 0.15) is 11.4 Å². The number of amides is 1. The van der Waals surface area contributed by atoms with Crippen LogP contribution in [-0.4, -0.2) is 65.2 Å². The first-order chi connectivity index (χ1) is 18.3. The quantitative estimate of drug-likeness (QED) is 0.233.